The van der Waals surface area contributed by atoms with Crippen molar-refractivity contribution in [1.29, 1.82) is 0 Å². The predicted octanol–water partition coefficient (Wildman–Crippen LogP) is 4.17. The van der Waals surface area contributed by atoms with E-state index in [2.05, 4.69) is 0 Å². The topological polar surface area (TPSA) is 46.5 Å². The zero-order chi connectivity index (χ0) is 16.1. The highest BCUT2D eigenvalue weighted by Gasteiger charge is 2.14. The van der Waals surface area contributed by atoms with Crippen molar-refractivity contribution in [1.82, 2.24) is 0 Å². The third kappa shape index (κ3) is 3.76. The van der Waals surface area contributed by atoms with Crippen LogP contribution >= 0.6 is 0 Å². The Morgan fingerprint density at radius 1 is 1.05 bits per heavy atom. The second-order valence-electron chi connectivity index (χ2n) is 5.32. The Morgan fingerprint density at radius 3 is 2.00 bits per heavy atom. The summed E-state index contributed by atoms with van der Waals surface area (Å²) in [5.41, 5.74) is 3.61. The molecule has 0 spiro atoms. The summed E-state index contributed by atoms with van der Waals surface area (Å²) < 4.78 is 5.18. The van der Waals surface area contributed by atoms with Crippen LogP contribution in [-0.2, 0) is 4.79 Å². The zero-order valence-electron chi connectivity index (χ0n) is 13.0. The Kier molecular flexibility index (Phi) is 4.99. The summed E-state index contributed by atoms with van der Waals surface area (Å²) >= 11 is 0. The molecule has 2 aromatic carbocycles. The monoisotopic (exact) mass is 296 g/mol. The molecule has 0 bridgehead atoms. The van der Waals surface area contributed by atoms with Crippen molar-refractivity contribution < 1.29 is 14.6 Å². The van der Waals surface area contributed by atoms with Crippen molar-refractivity contribution in [3.05, 3.63) is 76.9 Å². The highest BCUT2D eigenvalue weighted by Crippen LogP contribution is 2.29. The largest absolute Gasteiger partial charge is 0.497 e. The first kappa shape index (κ1) is 15.8. The van der Waals surface area contributed by atoms with Crippen LogP contribution in [0.2, 0.25) is 0 Å². The van der Waals surface area contributed by atoms with Crippen LogP contribution in [0.4, 0.5) is 0 Å². The van der Waals surface area contributed by atoms with Crippen LogP contribution in [-0.4, -0.2) is 18.2 Å². The van der Waals surface area contributed by atoms with Gasteiger partial charge in [0.1, 0.15) is 5.75 Å². The first-order valence-electron chi connectivity index (χ1n) is 7.13. The van der Waals surface area contributed by atoms with Gasteiger partial charge >= 0.3 is 5.97 Å². The number of methoxy groups -OCH3 is 1. The summed E-state index contributed by atoms with van der Waals surface area (Å²) in [6.07, 6.45) is 1.79. The highest BCUT2D eigenvalue weighted by molar-refractivity contribution is 5.86. The predicted molar refractivity (Wildman–Crippen MR) is 87.4 cm³/mol. The molecule has 0 heterocycles. The van der Waals surface area contributed by atoms with Crippen LogP contribution in [0.3, 0.4) is 0 Å². The van der Waals surface area contributed by atoms with Gasteiger partial charge in [-0.3, -0.25) is 0 Å². The third-order valence-corrected chi connectivity index (χ3v) is 3.67. The van der Waals surface area contributed by atoms with Gasteiger partial charge in [0.15, 0.2) is 0 Å². The number of carboxylic acid groups (broad SMARTS) is 1. The summed E-state index contributed by atoms with van der Waals surface area (Å²) in [6, 6.07) is 15.9. The van der Waals surface area contributed by atoms with Crippen molar-refractivity contribution in [3.8, 4) is 5.75 Å². The number of carboxylic acids is 1. The lowest BCUT2D eigenvalue weighted by Gasteiger charge is -2.16. The molecule has 1 N–H and O–H groups in total. The third-order valence-electron chi connectivity index (χ3n) is 3.67. The second-order valence-corrected chi connectivity index (χ2v) is 5.32. The maximum atomic E-state index is 11.2. The van der Waals surface area contributed by atoms with Crippen LogP contribution in [0, 0.1) is 6.92 Å². The van der Waals surface area contributed by atoms with E-state index in [1.54, 1.807) is 20.1 Å². The molecule has 3 heteroatoms. The van der Waals surface area contributed by atoms with E-state index < -0.39 is 5.97 Å². The normalized spacial score (nSPS) is 12.8. The fourth-order valence-electron chi connectivity index (χ4n) is 2.29. The molecular weight excluding hydrogens is 276 g/mol. The number of hydrogen-bond acceptors (Lipinski definition) is 2. The standard InChI is InChI=1S/C19H20O3/c1-13-4-6-15(7-5-13)18(12-14(2)19(20)21)16-8-10-17(22-3)11-9-16/h4-12,18H,1-3H3,(H,20,21). The van der Waals surface area contributed by atoms with Gasteiger partial charge in [-0.2, -0.15) is 0 Å². The van der Waals surface area contributed by atoms with E-state index in [-0.39, 0.29) is 5.92 Å². The quantitative estimate of drug-likeness (QED) is 0.842. The fraction of sp³-hybridized carbons (Fsp3) is 0.211. The molecule has 0 radical (unpaired) electrons. The first-order valence-corrected chi connectivity index (χ1v) is 7.13. The van der Waals surface area contributed by atoms with Crippen molar-refractivity contribution in [2.24, 2.45) is 0 Å². The van der Waals surface area contributed by atoms with Crippen molar-refractivity contribution in [3.63, 3.8) is 0 Å². The molecule has 3 nitrogen and oxygen atoms in total. The van der Waals surface area contributed by atoms with Gasteiger partial charge in [-0.15, -0.1) is 0 Å². The van der Waals surface area contributed by atoms with Crippen LogP contribution in [0.15, 0.2) is 60.2 Å². The van der Waals surface area contributed by atoms with Crippen molar-refractivity contribution >= 4 is 5.97 Å². The zero-order valence-corrected chi connectivity index (χ0v) is 13.0. The van der Waals surface area contributed by atoms with Gasteiger partial charge in [0.05, 0.1) is 7.11 Å². The number of ether oxygens (including phenoxy) is 1. The van der Waals surface area contributed by atoms with Gasteiger partial charge in [0.2, 0.25) is 0 Å². The Hall–Kier alpha value is -2.55. The molecule has 0 aromatic heterocycles. The molecule has 22 heavy (non-hydrogen) atoms. The van der Waals surface area contributed by atoms with E-state index in [9.17, 15) is 4.79 Å². The van der Waals surface area contributed by atoms with Gasteiger partial charge in [-0.05, 0) is 37.1 Å². The Morgan fingerprint density at radius 2 is 1.55 bits per heavy atom. The summed E-state index contributed by atoms with van der Waals surface area (Å²) in [5.74, 6) is -0.210. The fourth-order valence-corrected chi connectivity index (χ4v) is 2.29. The Labute approximate surface area is 130 Å². The molecule has 2 aromatic rings. The number of hydrogen-bond donors (Lipinski definition) is 1. The van der Waals surface area contributed by atoms with Crippen molar-refractivity contribution in [2.75, 3.05) is 7.11 Å². The number of benzene rings is 2. The summed E-state index contributed by atoms with van der Waals surface area (Å²) in [5, 5.41) is 9.16. The van der Waals surface area contributed by atoms with E-state index in [1.165, 1.54) is 5.56 Å². The molecule has 0 amide bonds. The SMILES string of the molecule is COc1ccc(C(C=C(C)C(=O)O)c2ccc(C)cc2)cc1. The van der Waals surface area contributed by atoms with E-state index in [0.717, 1.165) is 16.9 Å². The van der Waals surface area contributed by atoms with Gasteiger partial charge in [-0.1, -0.05) is 48.0 Å². The van der Waals surface area contributed by atoms with E-state index in [1.807, 2.05) is 55.5 Å². The minimum absolute atomic E-state index is 0.0948. The lowest BCUT2D eigenvalue weighted by Crippen LogP contribution is -2.03. The molecule has 114 valence electrons. The van der Waals surface area contributed by atoms with Crippen LogP contribution < -0.4 is 4.74 Å². The van der Waals surface area contributed by atoms with Gasteiger partial charge in [-0.25, -0.2) is 4.79 Å². The molecule has 0 aliphatic carbocycles. The molecule has 0 saturated heterocycles. The van der Waals surface area contributed by atoms with Crippen LogP contribution in [0.25, 0.3) is 0 Å². The van der Waals surface area contributed by atoms with E-state index in [0.29, 0.717) is 5.57 Å². The number of allylic oxidation sites excluding steroid dienone is 1. The average molecular weight is 296 g/mol. The molecule has 0 aliphatic rings. The maximum Gasteiger partial charge on any atom is 0.330 e. The lowest BCUT2D eigenvalue weighted by molar-refractivity contribution is -0.132. The molecule has 1 atom stereocenters. The van der Waals surface area contributed by atoms with Gasteiger partial charge < -0.3 is 9.84 Å². The smallest absolute Gasteiger partial charge is 0.330 e. The first-order chi connectivity index (χ1) is 10.5. The maximum absolute atomic E-state index is 11.2. The number of carbonyl (C=O) groups is 1. The molecule has 1 unspecified atom stereocenters. The van der Waals surface area contributed by atoms with Gasteiger partial charge in [0.25, 0.3) is 0 Å². The highest BCUT2D eigenvalue weighted by atomic mass is 16.5. The number of rotatable bonds is 5. The van der Waals surface area contributed by atoms with Crippen LogP contribution in [0.1, 0.15) is 29.5 Å². The molecule has 0 fully saturated rings. The Bertz CT molecular complexity index is 667. The minimum Gasteiger partial charge on any atom is -0.497 e. The number of aryl methyl sites for hydroxylation is 1. The second kappa shape index (κ2) is 6.94. The molecule has 0 aliphatic heterocycles. The summed E-state index contributed by atoms with van der Waals surface area (Å²) in [4.78, 5) is 11.2. The summed E-state index contributed by atoms with van der Waals surface area (Å²) in [6.45, 7) is 3.65. The average Bonchev–Trinajstić information content (AvgIpc) is 2.53. The van der Waals surface area contributed by atoms with Crippen LogP contribution in [0.5, 0.6) is 5.75 Å². The van der Waals surface area contributed by atoms with E-state index >= 15 is 0 Å². The Balaban J connectivity index is 2.46. The van der Waals surface area contributed by atoms with E-state index in [4.69, 9.17) is 9.84 Å². The van der Waals surface area contributed by atoms with Crippen molar-refractivity contribution in [2.45, 2.75) is 19.8 Å². The minimum atomic E-state index is -0.898. The lowest BCUT2D eigenvalue weighted by atomic mass is 9.89. The number of aliphatic carboxylic acids is 1. The summed E-state index contributed by atoms with van der Waals surface area (Å²) in [7, 11) is 1.63. The molecule has 0 saturated carbocycles. The van der Waals surface area contributed by atoms with Gasteiger partial charge in [0, 0.05) is 11.5 Å². The molecular formula is C19H20O3. The molecule has 2 rings (SSSR count).